The number of aryl methyl sites for hydroxylation is 1. The molecule has 0 N–H and O–H groups in total. The van der Waals surface area contributed by atoms with Crippen LogP contribution < -0.4 is 0 Å². The lowest BCUT2D eigenvalue weighted by Crippen LogP contribution is -2.04. The third kappa shape index (κ3) is 2.46. The lowest BCUT2D eigenvalue weighted by molar-refractivity contribution is 0.782. The molecule has 104 valence electrons. The van der Waals surface area contributed by atoms with Gasteiger partial charge in [0.15, 0.2) is 0 Å². The van der Waals surface area contributed by atoms with Gasteiger partial charge < -0.3 is 4.57 Å². The molecule has 0 aliphatic carbocycles. The molecule has 2 aromatic heterocycles. The SMILES string of the molecule is CCc1ccsc1Cn1c(CCl)nc2ccc(Cl)cc21. The Hall–Kier alpha value is -1.03. The van der Waals surface area contributed by atoms with E-state index in [-0.39, 0.29) is 0 Å². The van der Waals surface area contributed by atoms with Gasteiger partial charge in [-0.1, -0.05) is 18.5 Å². The minimum absolute atomic E-state index is 0.402. The van der Waals surface area contributed by atoms with Crippen molar-refractivity contribution in [1.82, 2.24) is 9.55 Å². The van der Waals surface area contributed by atoms with Crippen LogP contribution in [-0.4, -0.2) is 9.55 Å². The maximum Gasteiger partial charge on any atom is 0.125 e. The second kappa shape index (κ2) is 5.76. The number of aromatic nitrogens is 2. The standard InChI is InChI=1S/C15H14Cl2N2S/c1-2-10-5-6-20-14(10)9-19-13-7-11(17)3-4-12(13)18-15(19)8-16/h3-7H,2,8-9H2,1H3. The zero-order chi connectivity index (χ0) is 14.1. The van der Waals surface area contributed by atoms with E-state index in [0.29, 0.717) is 5.88 Å². The lowest BCUT2D eigenvalue weighted by Gasteiger charge is -2.08. The molecule has 20 heavy (non-hydrogen) atoms. The predicted octanol–water partition coefficient (Wildman–Crippen LogP) is 5.10. The molecule has 0 aliphatic rings. The van der Waals surface area contributed by atoms with Crippen LogP contribution in [0.15, 0.2) is 29.6 Å². The van der Waals surface area contributed by atoms with Crippen molar-refractivity contribution >= 4 is 45.6 Å². The molecule has 2 heterocycles. The number of imidazole rings is 1. The van der Waals surface area contributed by atoms with Gasteiger partial charge in [0.05, 0.1) is 23.5 Å². The van der Waals surface area contributed by atoms with Crippen molar-refractivity contribution in [2.45, 2.75) is 25.8 Å². The van der Waals surface area contributed by atoms with Crippen molar-refractivity contribution in [2.24, 2.45) is 0 Å². The number of nitrogens with zero attached hydrogens (tertiary/aromatic N) is 2. The molecule has 3 rings (SSSR count). The van der Waals surface area contributed by atoms with Crippen LogP contribution in [0.25, 0.3) is 11.0 Å². The van der Waals surface area contributed by atoms with Gasteiger partial charge in [-0.3, -0.25) is 0 Å². The zero-order valence-electron chi connectivity index (χ0n) is 11.1. The first-order valence-electron chi connectivity index (χ1n) is 6.48. The molecule has 0 aliphatic heterocycles. The summed E-state index contributed by atoms with van der Waals surface area (Å²) in [6.45, 7) is 2.98. The summed E-state index contributed by atoms with van der Waals surface area (Å²) >= 11 is 13.9. The predicted molar refractivity (Wildman–Crippen MR) is 87.1 cm³/mol. The molecule has 1 aromatic carbocycles. The lowest BCUT2D eigenvalue weighted by atomic mass is 10.2. The van der Waals surface area contributed by atoms with Gasteiger partial charge in [0, 0.05) is 9.90 Å². The Bertz CT molecular complexity index is 745. The van der Waals surface area contributed by atoms with Crippen LogP contribution >= 0.6 is 34.5 Å². The van der Waals surface area contributed by atoms with Crippen molar-refractivity contribution in [3.63, 3.8) is 0 Å². The monoisotopic (exact) mass is 324 g/mol. The van der Waals surface area contributed by atoms with Crippen molar-refractivity contribution in [1.29, 1.82) is 0 Å². The largest absolute Gasteiger partial charge is 0.322 e. The fourth-order valence-electron chi connectivity index (χ4n) is 2.39. The number of rotatable bonds is 4. The molecule has 5 heteroatoms. The molecule has 0 bridgehead atoms. The number of hydrogen-bond donors (Lipinski definition) is 0. The van der Waals surface area contributed by atoms with E-state index < -0.39 is 0 Å². The minimum atomic E-state index is 0.402. The van der Waals surface area contributed by atoms with Gasteiger partial charge in [0.1, 0.15) is 5.82 Å². The van der Waals surface area contributed by atoms with Crippen molar-refractivity contribution in [3.05, 3.63) is 50.9 Å². The quantitative estimate of drug-likeness (QED) is 0.610. The molecule has 0 radical (unpaired) electrons. The van der Waals surface area contributed by atoms with Gasteiger partial charge >= 0.3 is 0 Å². The van der Waals surface area contributed by atoms with E-state index >= 15 is 0 Å². The molecule has 0 saturated carbocycles. The normalized spacial score (nSPS) is 11.3. The van der Waals surface area contributed by atoms with Crippen LogP contribution in [0, 0.1) is 0 Å². The summed E-state index contributed by atoms with van der Waals surface area (Å²) in [6, 6.07) is 7.95. The molecule has 0 unspecified atom stereocenters. The number of thiophene rings is 1. The average Bonchev–Trinajstić information content (AvgIpc) is 3.04. The Labute approximate surface area is 132 Å². The second-order valence-electron chi connectivity index (χ2n) is 4.60. The van der Waals surface area contributed by atoms with Gasteiger partial charge in [0.25, 0.3) is 0 Å². The highest BCUT2D eigenvalue weighted by atomic mass is 35.5. The Balaban J connectivity index is 2.11. The number of halogens is 2. The third-order valence-electron chi connectivity index (χ3n) is 3.43. The maximum absolute atomic E-state index is 6.11. The van der Waals surface area contributed by atoms with E-state index in [1.165, 1.54) is 10.4 Å². The first-order chi connectivity index (χ1) is 9.72. The smallest absolute Gasteiger partial charge is 0.125 e. The fourth-order valence-corrected chi connectivity index (χ4v) is 3.72. The number of hydrogen-bond acceptors (Lipinski definition) is 2. The average molecular weight is 325 g/mol. The Kier molecular flexibility index (Phi) is 4.01. The fraction of sp³-hybridized carbons (Fsp3) is 0.267. The maximum atomic E-state index is 6.11. The second-order valence-corrected chi connectivity index (χ2v) is 6.31. The van der Waals surface area contributed by atoms with Crippen molar-refractivity contribution in [3.8, 4) is 0 Å². The number of alkyl halides is 1. The summed E-state index contributed by atoms with van der Waals surface area (Å²) in [5.74, 6) is 1.29. The number of fused-ring (bicyclic) bond motifs is 1. The molecule has 0 saturated heterocycles. The minimum Gasteiger partial charge on any atom is -0.322 e. The van der Waals surface area contributed by atoms with Crippen LogP contribution in [0.1, 0.15) is 23.2 Å². The molecular weight excluding hydrogens is 311 g/mol. The number of benzene rings is 1. The summed E-state index contributed by atoms with van der Waals surface area (Å²) in [7, 11) is 0. The van der Waals surface area contributed by atoms with Crippen LogP contribution in [0.5, 0.6) is 0 Å². The van der Waals surface area contributed by atoms with Crippen LogP contribution in [0.2, 0.25) is 5.02 Å². The summed E-state index contributed by atoms with van der Waals surface area (Å²) < 4.78 is 2.17. The van der Waals surface area contributed by atoms with Gasteiger partial charge in [0.2, 0.25) is 0 Å². The molecule has 2 nitrogen and oxygen atoms in total. The van der Waals surface area contributed by atoms with Gasteiger partial charge in [-0.2, -0.15) is 0 Å². The molecule has 3 aromatic rings. The highest BCUT2D eigenvalue weighted by Crippen LogP contribution is 2.25. The van der Waals surface area contributed by atoms with Gasteiger partial charge in [-0.15, -0.1) is 22.9 Å². The summed E-state index contributed by atoms with van der Waals surface area (Å²) in [4.78, 5) is 5.94. The first kappa shape index (κ1) is 13.9. The Morgan fingerprint density at radius 2 is 2.15 bits per heavy atom. The van der Waals surface area contributed by atoms with Crippen LogP contribution in [-0.2, 0) is 18.8 Å². The van der Waals surface area contributed by atoms with Crippen LogP contribution in [0.3, 0.4) is 0 Å². The molecule has 0 atom stereocenters. The highest BCUT2D eigenvalue weighted by Gasteiger charge is 2.13. The highest BCUT2D eigenvalue weighted by molar-refractivity contribution is 7.10. The summed E-state index contributed by atoms with van der Waals surface area (Å²) in [5, 5.41) is 2.86. The van der Waals surface area contributed by atoms with E-state index in [4.69, 9.17) is 23.2 Å². The van der Waals surface area contributed by atoms with Gasteiger partial charge in [-0.05, 0) is 41.6 Å². The Morgan fingerprint density at radius 1 is 1.30 bits per heavy atom. The van der Waals surface area contributed by atoms with Crippen molar-refractivity contribution in [2.75, 3.05) is 0 Å². The van der Waals surface area contributed by atoms with E-state index in [2.05, 4.69) is 27.9 Å². The van der Waals surface area contributed by atoms with E-state index in [0.717, 1.165) is 34.8 Å². The Morgan fingerprint density at radius 3 is 2.90 bits per heavy atom. The molecule has 0 fully saturated rings. The van der Waals surface area contributed by atoms with E-state index in [1.807, 2.05) is 18.2 Å². The topological polar surface area (TPSA) is 17.8 Å². The van der Waals surface area contributed by atoms with Crippen LogP contribution in [0.4, 0.5) is 0 Å². The molecular formula is C15H14Cl2N2S. The van der Waals surface area contributed by atoms with E-state index in [9.17, 15) is 0 Å². The van der Waals surface area contributed by atoms with Crippen molar-refractivity contribution < 1.29 is 0 Å². The molecule has 0 spiro atoms. The summed E-state index contributed by atoms with van der Waals surface area (Å²) in [5.41, 5.74) is 3.38. The van der Waals surface area contributed by atoms with E-state index in [1.54, 1.807) is 11.3 Å². The van der Waals surface area contributed by atoms with Gasteiger partial charge in [-0.25, -0.2) is 4.98 Å². The zero-order valence-corrected chi connectivity index (χ0v) is 13.4. The molecule has 0 amide bonds. The first-order valence-corrected chi connectivity index (χ1v) is 8.28. The third-order valence-corrected chi connectivity index (χ3v) is 4.85. The summed E-state index contributed by atoms with van der Waals surface area (Å²) in [6.07, 6.45) is 1.04.